The smallest absolute Gasteiger partial charge is 0.0294 e. The molecule has 2 aromatic carbocycles. The first-order chi connectivity index (χ1) is 9.25. The summed E-state index contributed by atoms with van der Waals surface area (Å²) < 4.78 is 0. The molecule has 0 aliphatic carbocycles. The minimum Gasteiger partial charge on any atom is -0.307 e. The molecule has 0 aromatic heterocycles. The third kappa shape index (κ3) is 4.38. The quantitative estimate of drug-likeness (QED) is 0.832. The van der Waals surface area contributed by atoms with E-state index in [1.54, 1.807) is 0 Å². The number of nitrogens with one attached hydrogen (secondary N) is 1. The highest BCUT2D eigenvalue weighted by Crippen LogP contribution is 2.13. The molecule has 0 fully saturated rings. The van der Waals surface area contributed by atoms with E-state index in [1.807, 2.05) is 6.07 Å². The van der Waals surface area contributed by atoms with Gasteiger partial charge in [0.1, 0.15) is 0 Å². The molecule has 1 atom stereocenters. The molecule has 0 bridgehead atoms. The fraction of sp³-hybridized carbons (Fsp3) is 0.222. The van der Waals surface area contributed by atoms with Gasteiger partial charge in [0, 0.05) is 12.6 Å². The predicted octanol–water partition coefficient (Wildman–Crippen LogP) is 4.36. The summed E-state index contributed by atoms with van der Waals surface area (Å²) in [6, 6.07) is 19.4. The highest BCUT2D eigenvalue weighted by atomic mass is 14.9. The Morgan fingerprint density at radius 2 is 1.84 bits per heavy atom. The Labute approximate surface area is 116 Å². The van der Waals surface area contributed by atoms with Gasteiger partial charge in [-0.1, -0.05) is 72.3 Å². The fourth-order valence-corrected chi connectivity index (χ4v) is 2.06. The largest absolute Gasteiger partial charge is 0.307 e. The lowest BCUT2D eigenvalue weighted by Gasteiger charge is -2.13. The van der Waals surface area contributed by atoms with Crippen LogP contribution in [0.5, 0.6) is 0 Å². The summed E-state index contributed by atoms with van der Waals surface area (Å²) in [6.07, 6.45) is 4.32. The molecule has 0 saturated carbocycles. The number of aryl methyl sites for hydroxylation is 1. The van der Waals surface area contributed by atoms with Gasteiger partial charge in [0.15, 0.2) is 0 Å². The van der Waals surface area contributed by atoms with E-state index in [4.69, 9.17) is 0 Å². The van der Waals surface area contributed by atoms with Crippen molar-refractivity contribution in [3.8, 4) is 0 Å². The first-order valence-corrected chi connectivity index (χ1v) is 6.77. The third-order valence-electron chi connectivity index (χ3n) is 3.19. The molecule has 1 N–H and O–H groups in total. The Morgan fingerprint density at radius 3 is 2.58 bits per heavy atom. The standard InChI is InChI=1S/C18H21N/c1-15-8-6-12-18(14-15)16(2)19-13-7-11-17-9-4-3-5-10-17/h3-12,14,16,19H,13H2,1-2H3/b11-7+/t16-/m1/s1. The summed E-state index contributed by atoms with van der Waals surface area (Å²) in [5.74, 6) is 0. The van der Waals surface area contributed by atoms with Gasteiger partial charge in [-0.25, -0.2) is 0 Å². The zero-order valence-corrected chi connectivity index (χ0v) is 11.6. The van der Waals surface area contributed by atoms with Gasteiger partial charge in [-0.05, 0) is 25.0 Å². The van der Waals surface area contributed by atoms with Crippen molar-refractivity contribution in [1.29, 1.82) is 0 Å². The number of benzene rings is 2. The molecule has 0 amide bonds. The van der Waals surface area contributed by atoms with Crippen molar-refractivity contribution in [2.75, 3.05) is 6.54 Å². The van der Waals surface area contributed by atoms with Crippen molar-refractivity contribution < 1.29 is 0 Å². The normalized spacial score (nSPS) is 12.7. The molecule has 1 heteroatoms. The van der Waals surface area contributed by atoms with Crippen LogP contribution in [0.3, 0.4) is 0 Å². The molecule has 98 valence electrons. The number of hydrogen-bond donors (Lipinski definition) is 1. The Hall–Kier alpha value is -1.86. The van der Waals surface area contributed by atoms with Crippen LogP contribution >= 0.6 is 0 Å². The molecule has 1 nitrogen and oxygen atoms in total. The molecule has 0 aliphatic rings. The summed E-state index contributed by atoms with van der Waals surface area (Å²) in [6.45, 7) is 5.21. The SMILES string of the molecule is Cc1cccc([C@@H](C)NC/C=C/c2ccccc2)c1. The first kappa shape index (κ1) is 13.6. The van der Waals surface area contributed by atoms with Crippen LogP contribution in [0, 0.1) is 6.92 Å². The lowest BCUT2D eigenvalue weighted by molar-refractivity contribution is 0.617. The van der Waals surface area contributed by atoms with Gasteiger partial charge in [0.25, 0.3) is 0 Å². The minimum absolute atomic E-state index is 0.375. The van der Waals surface area contributed by atoms with Crippen molar-refractivity contribution in [2.45, 2.75) is 19.9 Å². The maximum atomic E-state index is 3.51. The van der Waals surface area contributed by atoms with Crippen LogP contribution in [0.25, 0.3) is 6.08 Å². The topological polar surface area (TPSA) is 12.0 Å². The molecule has 2 aromatic rings. The Morgan fingerprint density at radius 1 is 1.05 bits per heavy atom. The molecular formula is C18H21N. The number of rotatable bonds is 5. The summed E-state index contributed by atoms with van der Waals surface area (Å²) >= 11 is 0. The summed E-state index contributed by atoms with van der Waals surface area (Å²) in [5.41, 5.74) is 3.89. The maximum Gasteiger partial charge on any atom is 0.0294 e. The molecule has 0 unspecified atom stereocenters. The van der Waals surface area contributed by atoms with Crippen LogP contribution in [-0.4, -0.2) is 6.54 Å². The Balaban J connectivity index is 1.84. The van der Waals surface area contributed by atoms with E-state index in [2.05, 4.69) is 79.8 Å². The third-order valence-corrected chi connectivity index (χ3v) is 3.19. The summed E-state index contributed by atoms with van der Waals surface area (Å²) in [5, 5.41) is 3.51. The van der Waals surface area contributed by atoms with Crippen LogP contribution in [0.1, 0.15) is 29.7 Å². The van der Waals surface area contributed by atoms with Crippen molar-refractivity contribution in [3.63, 3.8) is 0 Å². The second-order valence-corrected chi connectivity index (χ2v) is 4.86. The van der Waals surface area contributed by atoms with Crippen LogP contribution in [0.15, 0.2) is 60.7 Å². The lowest BCUT2D eigenvalue weighted by atomic mass is 10.1. The van der Waals surface area contributed by atoms with Crippen molar-refractivity contribution in [3.05, 3.63) is 77.4 Å². The van der Waals surface area contributed by atoms with E-state index < -0.39 is 0 Å². The second kappa shape index (κ2) is 6.91. The monoisotopic (exact) mass is 251 g/mol. The van der Waals surface area contributed by atoms with Gasteiger partial charge in [0.05, 0.1) is 0 Å². The Bertz CT molecular complexity index is 528. The van der Waals surface area contributed by atoms with Gasteiger partial charge >= 0.3 is 0 Å². The molecule has 0 radical (unpaired) electrons. The average molecular weight is 251 g/mol. The van der Waals surface area contributed by atoms with Crippen LogP contribution in [0.2, 0.25) is 0 Å². The van der Waals surface area contributed by atoms with Gasteiger partial charge in [0.2, 0.25) is 0 Å². The molecule has 0 heterocycles. The van der Waals surface area contributed by atoms with E-state index in [0.717, 1.165) is 6.54 Å². The van der Waals surface area contributed by atoms with Gasteiger partial charge in [-0.15, -0.1) is 0 Å². The minimum atomic E-state index is 0.375. The van der Waals surface area contributed by atoms with E-state index in [0.29, 0.717) is 6.04 Å². The highest BCUT2D eigenvalue weighted by Gasteiger charge is 2.02. The van der Waals surface area contributed by atoms with E-state index in [1.165, 1.54) is 16.7 Å². The Kier molecular flexibility index (Phi) is 4.93. The molecule has 0 spiro atoms. The van der Waals surface area contributed by atoms with Crippen LogP contribution in [-0.2, 0) is 0 Å². The van der Waals surface area contributed by atoms with Crippen molar-refractivity contribution in [1.82, 2.24) is 5.32 Å². The van der Waals surface area contributed by atoms with E-state index in [-0.39, 0.29) is 0 Å². The van der Waals surface area contributed by atoms with E-state index in [9.17, 15) is 0 Å². The second-order valence-electron chi connectivity index (χ2n) is 4.86. The summed E-state index contributed by atoms with van der Waals surface area (Å²) in [7, 11) is 0. The summed E-state index contributed by atoms with van der Waals surface area (Å²) in [4.78, 5) is 0. The molecule has 0 saturated heterocycles. The average Bonchev–Trinajstić information content (AvgIpc) is 2.44. The highest BCUT2D eigenvalue weighted by molar-refractivity contribution is 5.48. The van der Waals surface area contributed by atoms with Crippen molar-refractivity contribution >= 4 is 6.08 Å². The first-order valence-electron chi connectivity index (χ1n) is 6.77. The van der Waals surface area contributed by atoms with Crippen LogP contribution in [0.4, 0.5) is 0 Å². The van der Waals surface area contributed by atoms with Gasteiger partial charge < -0.3 is 5.32 Å². The molecular weight excluding hydrogens is 230 g/mol. The van der Waals surface area contributed by atoms with E-state index >= 15 is 0 Å². The zero-order chi connectivity index (χ0) is 13.5. The number of hydrogen-bond acceptors (Lipinski definition) is 1. The lowest BCUT2D eigenvalue weighted by Crippen LogP contribution is -2.18. The van der Waals surface area contributed by atoms with Crippen molar-refractivity contribution in [2.24, 2.45) is 0 Å². The maximum absolute atomic E-state index is 3.51. The van der Waals surface area contributed by atoms with Gasteiger partial charge in [-0.3, -0.25) is 0 Å². The predicted molar refractivity (Wildman–Crippen MR) is 83.1 cm³/mol. The molecule has 2 rings (SSSR count). The fourth-order valence-electron chi connectivity index (χ4n) is 2.06. The molecule has 19 heavy (non-hydrogen) atoms. The van der Waals surface area contributed by atoms with Crippen LogP contribution < -0.4 is 5.32 Å². The zero-order valence-electron chi connectivity index (χ0n) is 11.6. The molecule has 0 aliphatic heterocycles. The van der Waals surface area contributed by atoms with Gasteiger partial charge in [-0.2, -0.15) is 0 Å².